The Bertz CT molecular complexity index is 368. The molecule has 0 bridgehead atoms. The molecule has 0 radical (unpaired) electrons. The number of furan rings is 1. The molecule has 0 amide bonds. The molecule has 1 aromatic heterocycles. The molecule has 1 aliphatic carbocycles. The Balaban J connectivity index is 1.49. The lowest BCUT2D eigenvalue weighted by molar-refractivity contribution is 0.146. The molecule has 0 aromatic carbocycles. The molecule has 0 spiro atoms. The van der Waals surface area contributed by atoms with Crippen molar-refractivity contribution >= 4 is 0 Å². The molecule has 2 unspecified atom stereocenters. The van der Waals surface area contributed by atoms with E-state index >= 15 is 0 Å². The zero-order chi connectivity index (χ0) is 11.7. The average Bonchev–Trinajstić information content (AvgIpc) is 2.92. The van der Waals surface area contributed by atoms with Crippen LogP contribution in [-0.4, -0.2) is 18.1 Å². The maximum Gasteiger partial charge on any atom is 0.119 e. The van der Waals surface area contributed by atoms with Crippen molar-refractivity contribution in [2.45, 2.75) is 45.1 Å². The van der Waals surface area contributed by atoms with Crippen LogP contribution in [0, 0.1) is 5.92 Å². The van der Waals surface area contributed by atoms with E-state index in [0.717, 1.165) is 18.2 Å². The summed E-state index contributed by atoms with van der Waals surface area (Å²) in [7, 11) is 0. The molecule has 94 valence electrons. The van der Waals surface area contributed by atoms with Crippen LogP contribution in [0.4, 0.5) is 0 Å². The molecule has 2 atom stereocenters. The average molecular weight is 234 g/mol. The van der Waals surface area contributed by atoms with Crippen LogP contribution in [0.2, 0.25) is 0 Å². The second-order valence-electron chi connectivity index (χ2n) is 5.51. The van der Waals surface area contributed by atoms with Gasteiger partial charge < -0.3 is 4.42 Å². The summed E-state index contributed by atoms with van der Waals surface area (Å²) >= 11 is 0. The smallest absolute Gasteiger partial charge is 0.119 e. The molecule has 1 aromatic rings. The van der Waals surface area contributed by atoms with Crippen LogP contribution in [0.15, 0.2) is 16.5 Å². The maximum atomic E-state index is 5.88. The SMILES string of the molecule is CC1CC1c1ccc(CNN2CCCCC2)o1. The normalized spacial score (nSPS) is 29.5. The number of rotatable bonds is 4. The minimum absolute atomic E-state index is 0.693. The number of hydrazine groups is 1. The number of nitrogens with zero attached hydrogens (tertiary/aromatic N) is 1. The summed E-state index contributed by atoms with van der Waals surface area (Å²) in [6.07, 6.45) is 5.31. The van der Waals surface area contributed by atoms with Crippen LogP contribution >= 0.6 is 0 Å². The van der Waals surface area contributed by atoms with Crippen molar-refractivity contribution in [3.8, 4) is 0 Å². The first-order valence-electron chi connectivity index (χ1n) is 6.90. The predicted molar refractivity (Wildman–Crippen MR) is 67.5 cm³/mol. The molecule has 3 rings (SSSR count). The van der Waals surface area contributed by atoms with Crippen molar-refractivity contribution in [1.29, 1.82) is 0 Å². The van der Waals surface area contributed by atoms with Crippen molar-refractivity contribution in [1.82, 2.24) is 10.4 Å². The lowest BCUT2D eigenvalue weighted by atomic mass is 10.2. The first-order valence-corrected chi connectivity index (χ1v) is 6.90. The molecule has 2 aliphatic rings. The van der Waals surface area contributed by atoms with Gasteiger partial charge in [-0.15, -0.1) is 0 Å². The molecular weight excluding hydrogens is 212 g/mol. The Morgan fingerprint density at radius 1 is 1.29 bits per heavy atom. The highest BCUT2D eigenvalue weighted by molar-refractivity contribution is 5.17. The first-order chi connectivity index (χ1) is 8.33. The molecule has 17 heavy (non-hydrogen) atoms. The molecule has 2 fully saturated rings. The van der Waals surface area contributed by atoms with Crippen molar-refractivity contribution < 1.29 is 4.42 Å². The fraction of sp³-hybridized carbons (Fsp3) is 0.714. The fourth-order valence-corrected chi connectivity index (χ4v) is 2.65. The highest BCUT2D eigenvalue weighted by Crippen LogP contribution is 2.47. The van der Waals surface area contributed by atoms with E-state index in [9.17, 15) is 0 Å². The van der Waals surface area contributed by atoms with Crippen molar-refractivity contribution in [2.75, 3.05) is 13.1 Å². The van der Waals surface area contributed by atoms with E-state index in [1.807, 2.05) is 0 Å². The quantitative estimate of drug-likeness (QED) is 0.868. The lowest BCUT2D eigenvalue weighted by Crippen LogP contribution is -2.41. The lowest BCUT2D eigenvalue weighted by Gasteiger charge is -2.26. The monoisotopic (exact) mass is 234 g/mol. The molecule has 3 nitrogen and oxygen atoms in total. The van der Waals surface area contributed by atoms with E-state index in [1.54, 1.807) is 0 Å². The Hall–Kier alpha value is -0.800. The van der Waals surface area contributed by atoms with Gasteiger partial charge in [-0.05, 0) is 37.3 Å². The summed E-state index contributed by atoms with van der Waals surface area (Å²) in [4.78, 5) is 0. The topological polar surface area (TPSA) is 28.4 Å². The molecule has 1 N–H and O–H groups in total. The van der Waals surface area contributed by atoms with Gasteiger partial charge in [-0.3, -0.25) is 0 Å². The van der Waals surface area contributed by atoms with Gasteiger partial charge in [0.25, 0.3) is 0 Å². The van der Waals surface area contributed by atoms with Crippen LogP contribution in [0.25, 0.3) is 0 Å². The maximum absolute atomic E-state index is 5.88. The molecular formula is C14H22N2O. The highest BCUT2D eigenvalue weighted by atomic mass is 16.3. The largest absolute Gasteiger partial charge is 0.464 e. The van der Waals surface area contributed by atoms with E-state index < -0.39 is 0 Å². The first kappa shape index (κ1) is 11.3. The summed E-state index contributed by atoms with van der Waals surface area (Å²) in [6.45, 7) is 5.47. The number of nitrogens with one attached hydrogen (secondary N) is 1. The van der Waals surface area contributed by atoms with Crippen LogP contribution in [0.1, 0.15) is 50.0 Å². The third-order valence-electron chi connectivity index (χ3n) is 3.99. The van der Waals surface area contributed by atoms with Crippen molar-refractivity contribution in [2.24, 2.45) is 5.92 Å². The summed E-state index contributed by atoms with van der Waals surface area (Å²) < 4.78 is 5.88. The predicted octanol–water partition coefficient (Wildman–Crippen LogP) is 2.89. The zero-order valence-electron chi connectivity index (χ0n) is 10.6. The van der Waals surface area contributed by atoms with Gasteiger partial charge in [-0.25, -0.2) is 10.4 Å². The second-order valence-corrected chi connectivity index (χ2v) is 5.51. The van der Waals surface area contributed by atoms with Crippen LogP contribution in [-0.2, 0) is 6.54 Å². The van der Waals surface area contributed by atoms with Gasteiger partial charge in [0.2, 0.25) is 0 Å². The van der Waals surface area contributed by atoms with E-state index in [1.165, 1.54) is 44.5 Å². The van der Waals surface area contributed by atoms with Crippen molar-refractivity contribution in [3.05, 3.63) is 23.7 Å². The minimum atomic E-state index is 0.693. The van der Waals surface area contributed by atoms with Gasteiger partial charge in [-0.1, -0.05) is 13.3 Å². The third-order valence-corrected chi connectivity index (χ3v) is 3.99. The van der Waals surface area contributed by atoms with Crippen LogP contribution in [0.5, 0.6) is 0 Å². The van der Waals surface area contributed by atoms with Gasteiger partial charge in [-0.2, -0.15) is 0 Å². The fourth-order valence-electron chi connectivity index (χ4n) is 2.65. The van der Waals surface area contributed by atoms with Crippen LogP contribution in [0.3, 0.4) is 0 Å². The molecule has 1 saturated heterocycles. The van der Waals surface area contributed by atoms with E-state index in [4.69, 9.17) is 4.42 Å². The van der Waals surface area contributed by atoms with E-state index in [-0.39, 0.29) is 0 Å². The number of hydrogen-bond donors (Lipinski definition) is 1. The molecule has 1 saturated carbocycles. The Morgan fingerprint density at radius 3 is 2.76 bits per heavy atom. The third kappa shape index (κ3) is 2.72. The second kappa shape index (κ2) is 4.83. The van der Waals surface area contributed by atoms with Gasteiger partial charge >= 0.3 is 0 Å². The number of hydrogen-bond acceptors (Lipinski definition) is 3. The van der Waals surface area contributed by atoms with E-state index in [2.05, 4.69) is 29.5 Å². The molecule has 2 heterocycles. The van der Waals surface area contributed by atoms with Crippen LogP contribution < -0.4 is 5.43 Å². The summed E-state index contributed by atoms with van der Waals surface area (Å²) in [6, 6.07) is 4.28. The van der Waals surface area contributed by atoms with Gasteiger partial charge in [0, 0.05) is 19.0 Å². The summed E-state index contributed by atoms with van der Waals surface area (Å²) in [5.74, 6) is 3.78. The molecule has 1 aliphatic heterocycles. The Morgan fingerprint density at radius 2 is 2.06 bits per heavy atom. The number of piperidine rings is 1. The standard InChI is InChI=1S/C14H22N2O/c1-11-9-13(11)14-6-5-12(17-14)10-15-16-7-3-2-4-8-16/h5-6,11,13,15H,2-4,7-10H2,1H3. The summed E-state index contributed by atoms with van der Waals surface area (Å²) in [5, 5.41) is 2.32. The van der Waals surface area contributed by atoms with Gasteiger partial charge in [0.05, 0.1) is 6.54 Å². The van der Waals surface area contributed by atoms with Gasteiger partial charge in [0.1, 0.15) is 11.5 Å². The highest BCUT2D eigenvalue weighted by Gasteiger charge is 2.36. The Kier molecular flexibility index (Phi) is 3.21. The van der Waals surface area contributed by atoms with E-state index in [0.29, 0.717) is 5.92 Å². The van der Waals surface area contributed by atoms with Gasteiger partial charge in [0.15, 0.2) is 0 Å². The van der Waals surface area contributed by atoms with Crippen molar-refractivity contribution in [3.63, 3.8) is 0 Å². The zero-order valence-corrected chi connectivity index (χ0v) is 10.6. The summed E-state index contributed by atoms with van der Waals surface area (Å²) in [5.41, 5.74) is 3.46. The molecule has 3 heteroatoms. The Labute approximate surface area is 103 Å². The minimum Gasteiger partial charge on any atom is -0.464 e.